The number of likely N-dealkylation sites (tertiary alicyclic amines) is 1. The number of aliphatic hydroxyl groups is 1. The molecule has 1 saturated heterocycles. The molecule has 1 aromatic heterocycles. The summed E-state index contributed by atoms with van der Waals surface area (Å²) < 4.78 is 5.74. The molecule has 0 saturated carbocycles. The topological polar surface area (TPSA) is 83.0 Å². The lowest BCUT2D eigenvalue weighted by molar-refractivity contribution is -0.139. The van der Waals surface area contributed by atoms with Gasteiger partial charge < -0.3 is 19.6 Å². The van der Waals surface area contributed by atoms with Gasteiger partial charge in [0.05, 0.1) is 18.2 Å². The molecular weight excluding hydrogens is 418 g/mol. The Bertz CT molecular complexity index is 971. The third kappa shape index (κ3) is 5.99. The van der Waals surface area contributed by atoms with Gasteiger partial charge in [-0.1, -0.05) is 19.8 Å². The third-order valence-electron chi connectivity index (χ3n) is 5.71. The van der Waals surface area contributed by atoms with Crippen LogP contribution in [0.1, 0.15) is 49.8 Å². The molecule has 2 heterocycles. The molecule has 1 atom stereocenters. The van der Waals surface area contributed by atoms with Crippen molar-refractivity contribution in [3.63, 3.8) is 0 Å². The monoisotopic (exact) mass is 451 g/mol. The van der Waals surface area contributed by atoms with Crippen LogP contribution >= 0.6 is 0 Å². The second-order valence-electron chi connectivity index (χ2n) is 8.51. The first-order valence-electron chi connectivity index (χ1n) is 11.5. The Kier molecular flexibility index (Phi) is 8.60. The van der Waals surface area contributed by atoms with Gasteiger partial charge in [0.1, 0.15) is 11.5 Å². The van der Waals surface area contributed by atoms with Gasteiger partial charge in [-0.25, -0.2) is 0 Å². The van der Waals surface area contributed by atoms with Crippen molar-refractivity contribution in [3.05, 3.63) is 65.5 Å². The van der Waals surface area contributed by atoms with E-state index in [9.17, 15) is 14.7 Å². The zero-order chi connectivity index (χ0) is 23.8. The van der Waals surface area contributed by atoms with E-state index >= 15 is 0 Å². The number of pyridine rings is 1. The first-order valence-corrected chi connectivity index (χ1v) is 11.5. The van der Waals surface area contributed by atoms with Crippen LogP contribution in [0.5, 0.6) is 5.75 Å². The van der Waals surface area contributed by atoms with E-state index in [1.807, 2.05) is 19.0 Å². The Morgan fingerprint density at radius 1 is 1.06 bits per heavy atom. The number of aliphatic hydroxyl groups excluding tert-OH is 1. The van der Waals surface area contributed by atoms with Crippen LogP contribution in [-0.4, -0.2) is 65.4 Å². The maximum atomic E-state index is 13.0. The molecule has 0 spiro atoms. The van der Waals surface area contributed by atoms with E-state index in [0.717, 1.165) is 31.4 Å². The van der Waals surface area contributed by atoms with E-state index in [2.05, 4.69) is 11.9 Å². The number of benzene rings is 1. The fourth-order valence-corrected chi connectivity index (χ4v) is 3.97. The van der Waals surface area contributed by atoms with Gasteiger partial charge in [0.2, 0.25) is 0 Å². The van der Waals surface area contributed by atoms with Crippen LogP contribution in [0.4, 0.5) is 0 Å². The van der Waals surface area contributed by atoms with Crippen molar-refractivity contribution < 1.29 is 19.4 Å². The molecule has 1 amide bonds. The van der Waals surface area contributed by atoms with Crippen LogP contribution < -0.4 is 4.74 Å². The summed E-state index contributed by atoms with van der Waals surface area (Å²) in [6, 6.07) is 9.87. The molecule has 0 bridgehead atoms. The summed E-state index contributed by atoms with van der Waals surface area (Å²) in [6.07, 6.45) is 7.19. The lowest BCUT2D eigenvalue weighted by Crippen LogP contribution is -2.32. The highest BCUT2D eigenvalue weighted by Gasteiger charge is 2.45. The van der Waals surface area contributed by atoms with Gasteiger partial charge in [0.25, 0.3) is 11.7 Å². The Labute approximate surface area is 195 Å². The highest BCUT2D eigenvalue weighted by Crippen LogP contribution is 2.39. The lowest BCUT2D eigenvalue weighted by atomic mass is 9.96. The number of ether oxygens (including phenoxy) is 1. The van der Waals surface area contributed by atoms with Crippen LogP contribution in [0.3, 0.4) is 0 Å². The quantitative estimate of drug-likeness (QED) is 0.240. The number of aromatic nitrogens is 1. The Morgan fingerprint density at radius 2 is 1.76 bits per heavy atom. The summed E-state index contributed by atoms with van der Waals surface area (Å²) in [7, 11) is 3.93. The van der Waals surface area contributed by atoms with E-state index in [1.54, 1.807) is 53.7 Å². The molecule has 1 fully saturated rings. The Morgan fingerprint density at radius 3 is 2.39 bits per heavy atom. The van der Waals surface area contributed by atoms with Crippen molar-refractivity contribution in [1.82, 2.24) is 14.8 Å². The number of nitrogens with zero attached hydrogens (tertiary/aromatic N) is 3. The van der Waals surface area contributed by atoms with Gasteiger partial charge in [-0.05, 0) is 75.4 Å². The van der Waals surface area contributed by atoms with Gasteiger partial charge in [-0.3, -0.25) is 14.6 Å². The highest BCUT2D eigenvalue weighted by molar-refractivity contribution is 6.46. The predicted molar refractivity (Wildman–Crippen MR) is 128 cm³/mol. The number of hydrogen-bond donors (Lipinski definition) is 1. The summed E-state index contributed by atoms with van der Waals surface area (Å²) in [5.74, 6) is -0.729. The molecule has 33 heavy (non-hydrogen) atoms. The average Bonchev–Trinajstić information content (AvgIpc) is 3.07. The summed E-state index contributed by atoms with van der Waals surface area (Å²) in [4.78, 5) is 33.6. The Balaban J connectivity index is 1.90. The molecule has 0 radical (unpaired) electrons. The number of Topliss-reactive ketones (excluding diaryl/α,β-unsaturated/α-hetero) is 1. The lowest BCUT2D eigenvalue weighted by Gasteiger charge is -2.25. The summed E-state index contributed by atoms with van der Waals surface area (Å²) in [5.41, 5.74) is 1.32. The van der Waals surface area contributed by atoms with Crippen molar-refractivity contribution in [3.8, 4) is 5.75 Å². The maximum Gasteiger partial charge on any atom is 0.295 e. The zero-order valence-corrected chi connectivity index (χ0v) is 19.7. The zero-order valence-electron chi connectivity index (χ0n) is 19.7. The fraction of sp³-hybridized carbons (Fsp3) is 0.423. The Hall–Kier alpha value is -3.19. The van der Waals surface area contributed by atoms with Crippen LogP contribution in [0.15, 0.2) is 54.4 Å². The van der Waals surface area contributed by atoms with Gasteiger partial charge in [0, 0.05) is 24.5 Å². The molecule has 7 nitrogen and oxygen atoms in total. The first kappa shape index (κ1) is 24.5. The molecular formula is C26H33N3O4. The summed E-state index contributed by atoms with van der Waals surface area (Å²) in [5, 5.41) is 11.1. The fourth-order valence-electron chi connectivity index (χ4n) is 3.97. The minimum absolute atomic E-state index is 0.104. The van der Waals surface area contributed by atoms with Gasteiger partial charge in [0.15, 0.2) is 0 Å². The van der Waals surface area contributed by atoms with Crippen molar-refractivity contribution in [2.75, 3.05) is 33.8 Å². The largest absolute Gasteiger partial charge is 0.507 e. The normalized spacial score (nSPS) is 17.7. The first-order chi connectivity index (χ1) is 15.9. The number of amides is 1. The van der Waals surface area contributed by atoms with E-state index in [-0.39, 0.29) is 11.3 Å². The van der Waals surface area contributed by atoms with Crippen molar-refractivity contribution in [2.45, 2.75) is 38.6 Å². The minimum atomic E-state index is -0.668. The molecule has 1 unspecified atom stereocenters. The molecule has 2 aromatic rings. The van der Waals surface area contributed by atoms with E-state index < -0.39 is 17.7 Å². The number of rotatable bonds is 11. The van der Waals surface area contributed by atoms with Crippen molar-refractivity contribution in [1.29, 1.82) is 0 Å². The van der Waals surface area contributed by atoms with Crippen LogP contribution in [0, 0.1) is 0 Å². The smallest absolute Gasteiger partial charge is 0.295 e. The molecule has 1 aliphatic rings. The van der Waals surface area contributed by atoms with Gasteiger partial charge in [-0.15, -0.1) is 0 Å². The average molecular weight is 452 g/mol. The highest BCUT2D eigenvalue weighted by atomic mass is 16.5. The van der Waals surface area contributed by atoms with Gasteiger partial charge >= 0.3 is 0 Å². The molecule has 1 aliphatic heterocycles. The number of carbonyl (C=O) groups is 2. The van der Waals surface area contributed by atoms with Crippen LogP contribution in [0.2, 0.25) is 0 Å². The minimum Gasteiger partial charge on any atom is -0.507 e. The number of carbonyl (C=O) groups excluding carboxylic acids is 2. The molecule has 0 aliphatic carbocycles. The predicted octanol–water partition coefficient (Wildman–Crippen LogP) is 4.02. The summed E-state index contributed by atoms with van der Waals surface area (Å²) in [6.45, 7) is 3.98. The molecule has 7 heteroatoms. The number of ketones is 1. The van der Waals surface area contributed by atoms with Crippen LogP contribution in [0.25, 0.3) is 5.76 Å². The molecule has 3 rings (SSSR count). The number of unbranched alkanes of at least 4 members (excludes halogenated alkanes) is 2. The maximum absolute atomic E-state index is 13.0. The van der Waals surface area contributed by atoms with Crippen molar-refractivity contribution >= 4 is 17.4 Å². The standard InChI is InChI=1S/C26H33N3O4/c1-4-5-6-18-33-21-10-8-20(9-11-21)24(30)22-23(19-12-14-27-15-13-19)29(26(32)25(22)31)17-7-16-28(2)3/h8-15,23,30H,4-7,16-18H2,1-3H3/b24-22-. The molecule has 1 N–H and O–H groups in total. The van der Waals surface area contributed by atoms with Crippen molar-refractivity contribution in [2.24, 2.45) is 0 Å². The summed E-state index contributed by atoms with van der Waals surface area (Å²) >= 11 is 0. The van der Waals surface area contributed by atoms with E-state index in [4.69, 9.17) is 4.74 Å². The number of hydrogen-bond acceptors (Lipinski definition) is 6. The van der Waals surface area contributed by atoms with Crippen LogP contribution in [-0.2, 0) is 9.59 Å². The van der Waals surface area contributed by atoms with E-state index in [0.29, 0.717) is 30.9 Å². The van der Waals surface area contributed by atoms with Gasteiger partial charge in [-0.2, -0.15) is 0 Å². The SMILES string of the molecule is CCCCCOc1ccc(/C(O)=C2/C(=O)C(=O)N(CCCN(C)C)C2c2ccncc2)cc1. The second kappa shape index (κ2) is 11.6. The van der Waals surface area contributed by atoms with E-state index in [1.165, 1.54) is 0 Å². The third-order valence-corrected chi connectivity index (χ3v) is 5.71. The second-order valence-corrected chi connectivity index (χ2v) is 8.51. The molecule has 176 valence electrons. The molecule has 1 aromatic carbocycles.